The average molecular weight is 361 g/mol. The standard InChI is InChI=1S/C10H17F5S4/c11-4-1-6-17-10(14,18-7-5-12)3-2-9(19-15)16-8-13/h9H,1-8H2. The molecule has 0 spiro atoms. The number of hydrogen-bond donors (Lipinski definition) is 0. The molecule has 0 saturated carbocycles. The zero-order valence-electron chi connectivity index (χ0n) is 10.3. The lowest BCUT2D eigenvalue weighted by molar-refractivity contribution is 0.383. The molecule has 0 N–H and O–H groups in total. The number of halogens is 5. The van der Waals surface area contributed by atoms with E-state index >= 15 is 0 Å². The first kappa shape index (κ1) is 20.1. The average Bonchev–Trinajstić information content (AvgIpc) is 2.42. The van der Waals surface area contributed by atoms with Gasteiger partial charge in [-0.1, -0.05) is 0 Å². The normalized spacial score (nSPS) is 16.3. The van der Waals surface area contributed by atoms with Crippen LogP contribution in [0.15, 0.2) is 0 Å². The fraction of sp³-hybridized carbons (Fsp3) is 1.00. The topological polar surface area (TPSA) is 0 Å². The van der Waals surface area contributed by atoms with Crippen LogP contribution in [0.3, 0.4) is 0 Å². The van der Waals surface area contributed by atoms with Gasteiger partial charge in [0.05, 0.1) is 30.1 Å². The van der Waals surface area contributed by atoms with E-state index in [-0.39, 0.29) is 42.9 Å². The molecular weight excluding hydrogens is 343 g/mol. The molecule has 19 heavy (non-hydrogen) atoms. The lowest BCUT2D eigenvalue weighted by atomic mass is 10.3. The summed E-state index contributed by atoms with van der Waals surface area (Å²) in [4.78, 5) is 0. The van der Waals surface area contributed by atoms with Crippen molar-refractivity contribution in [2.24, 2.45) is 0 Å². The van der Waals surface area contributed by atoms with Crippen LogP contribution in [-0.2, 0) is 0 Å². The van der Waals surface area contributed by atoms with Crippen molar-refractivity contribution in [2.75, 3.05) is 30.9 Å². The van der Waals surface area contributed by atoms with Crippen molar-refractivity contribution >= 4 is 47.4 Å². The Morgan fingerprint density at radius 3 is 2.21 bits per heavy atom. The van der Waals surface area contributed by atoms with Crippen LogP contribution >= 0.6 is 47.4 Å². The first-order valence-corrected chi connectivity index (χ1v) is 9.45. The van der Waals surface area contributed by atoms with E-state index in [4.69, 9.17) is 0 Å². The van der Waals surface area contributed by atoms with Crippen LogP contribution in [0.1, 0.15) is 19.3 Å². The van der Waals surface area contributed by atoms with Gasteiger partial charge in [0.2, 0.25) is 4.33 Å². The Morgan fingerprint density at radius 1 is 1.00 bits per heavy atom. The zero-order valence-corrected chi connectivity index (χ0v) is 13.5. The van der Waals surface area contributed by atoms with E-state index in [0.29, 0.717) is 0 Å². The Kier molecular flexibility index (Phi) is 13.5. The van der Waals surface area contributed by atoms with Crippen molar-refractivity contribution < 1.29 is 21.4 Å². The molecule has 2 atom stereocenters. The van der Waals surface area contributed by atoms with E-state index < -0.39 is 28.3 Å². The molecule has 0 heterocycles. The molecule has 0 nitrogen and oxygen atoms in total. The maximum absolute atomic E-state index is 14.4. The molecule has 0 aliphatic heterocycles. The van der Waals surface area contributed by atoms with Crippen LogP contribution in [0.2, 0.25) is 0 Å². The van der Waals surface area contributed by atoms with Gasteiger partial charge in [0, 0.05) is 12.2 Å². The fourth-order valence-corrected chi connectivity index (χ4v) is 4.46. The second kappa shape index (κ2) is 12.8. The van der Waals surface area contributed by atoms with Crippen molar-refractivity contribution in [1.29, 1.82) is 0 Å². The quantitative estimate of drug-likeness (QED) is 0.231. The van der Waals surface area contributed by atoms with Crippen LogP contribution in [0.25, 0.3) is 0 Å². The van der Waals surface area contributed by atoms with Crippen molar-refractivity contribution in [2.45, 2.75) is 28.2 Å². The van der Waals surface area contributed by atoms with E-state index in [1.54, 1.807) is 0 Å². The molecule has 0 aliphatic rings. The molecule has 0 aromatic rings. The van der Waals surface area contributed by atoms with Crippen molar-refractivity contribution in [1.82, 2.24) is 0 Å². The van der Waals surface area contributed by atoms with E-state index in [1.165, 1.54) is 0 Å². The maximum atomic E-state index is 14.4. The molecule has 0 aliphatic carbocycles. The van der Waals surface area contributed by atoms with Gasteiger partial charge < -0.3 is 0 Å². The Morgan fingerprint density at radius 2 is 1.68 bits per heavy atom. The van der Waals surface area contributed by atoms with Crippen LogP contribution < -0.4 is 0 Å². The highest BCUT2D eigenvalue weighted by Gasteiger charge is 2.31. The highest BCUT2D eigenvalue weighted by molar-refractivity contribution is 8.18. The molecule has 0 saturated heterocycles. The molecule has 0 radical (unpaired) electrons. The van der Waals surface area contributed by atoms with Gasteiger partial charge in [0.25, 0.3) is 0 Å². The molecule has 0 bridgehead atoms. The summed E-state index contributed by atoms with van der Waals surface area (Å²) in [7, 11) is 0. The second-order valence-electron chi connectivity index (χ2n) is 3.42. The summed E-state index contributed by atoms with van der Waals surface area (Å²) in [6.07, 6.45) is 0.365. The lowest BCUT2D eigenvalue weighted by Gasteiger charge is -2.25. The maximum Gasteiger partial charge on any atom is 0.202 e. The molecule has 0 amide bonds. The largest absolute Gasteiger partial charge is 0.251 e. The van der Waals surface area contributed by atoms with E-state index in [0.717, 1.165) is 35.3 Å². The van der Waals surface area contributed by atoms with Crippen molar-refractivity contribution in [3.8, 4) is 0 Å². The highest BCUT2D eigenvalue weighted by Crippen LogP contribution is 2.45. The Balaban J connectivity index is 4.22. The molecule has 2 unspecified atom stereocenters. The number of thioether (sulfide) groups is 3. The minimum atomic E-state index is -1.76. The molecule has 0 fully saturated rings. The van der Waals surface area contributed by atoms with Crippen LogP contribution in [0.4, 0.5) is 21.4 Å². The van der Waals surface area contributed by atoms with E-state index in [9.17, 15) is 21.4 Å². The van der Waals surface area contributed by atoms with Crippen molar-refractivity contribution in [3.05, 3.63) is 0 Å². The predicted molar refractivity (Wildman–Crippen MR) is 80.6 cm³/mol. The third-order valence-electron chi connectivity index (χ3n) is 2.02. The predicted octanol–water partition coefficient (Wildman–Crippen LogP) is 5.79. The summed E-state index contributed by atoms with van der Waals surface area (Å²) in [5.74, 6) is 0.290. The summed E-state index contributed by atoms with van der Waals surface area (Å²) in [5, 5.41) is 0. The Bertz CT molecular complexity index is 212. The van der Waals surface area contributed by atoms with Gasteiger partial charge in [0.15, 0.2) is 0 Å². The van der Waals surface area contributed by atoms with Gasteiger partial charge in [0.1, 0.15) is 6.01 Å². The third kappa shape index (κ3) is 10.4. The van der Waals surface area contributed by atoms with Crippen LogP contribution in [-0.4, -0.2) is 39.8 Å². The Hall–Kier alpha value is 1.05. The van der Waals surface area contributed by atoms with Gasteiger partial charge >= 0.3 is 0 Å². The smallest absolute Gasteiger partial charge is 0.202 e. The van der Waals surface area contributed by atoms with Gasteiger partial charge in [-0.05, 0) is 18.6 Å². The molecular formula is C10H17F5S4. The zero-order chi connectivity index (χ0) is 14.6. The summed E-state index contributed by atoms with van der Waals surface area (Å²) in [6.45, 7) is -1.18. The Labute approximate surface area is 128 Å². The molecule has 0 rings (SSSR count). The SMILES string of the molecule is FCCCSC(F)(CCC(SF)SCF)SCCF. The molecule has 116 valence electrons. The first-order valence-electron chi connectivity index (χ1n) is 5.65. The number of rotatable bonds is 13. The van der Waals surface area contributed by atoms with Crippen LogP contribution in [0, 0.1) is 0 Å². The number of alkyl halides is 4. The monoisotopic (exact) mass is 360 g/mol. The summed E-state index contributed by atoms with van der Waals surface area (Å²) in [5.41, 5.74) is 0. The third-order valence-corrected chi connectivity index (χ3v) is 6.64. The summed E-state index contributed by atoms with van der Waals surface area (Å²) >= 11 is 2.49. The van der Waals surface area contributed by atoms with E-state index in [1.807, 2.05) is 0 Å². The van der Waals surface area contributed by atoms with Crippen LogP contribution in [0.5, 0.6) is 0 Å². The molecule has 0 aromatic heterocycles. The van der Waals surface area contributed by atoms with Gasteiger partial charge in [-0.2, -0.15) is 3.89 Å². The molecule has 0 aromatic carbocycles. The first-order chi connectivity index (χ1) is 9.11. The fourth-order valence-electron chi connectivity index (χ4n) is 1.17. The van der Waals surface area contributed by atoms with Gasteiger partial charge in [-0.25, -0.2) is 8.78 Å². The number of hydrogen-bond acceptors (Lipinski definition) is 4. The second-order valence-corrected chi connectivity index (χ2v) is 8.53. The van der Waals surface area contributed by atoms with Gasteiger partial charge in [-0.3, -0.25) is 8.78 Å². The lowest BCUT2D eigenvalue weighted by Crippen LogP contribution is -2.17. The minimum absolute atomic E-state index is 0.00279. The highest BCUT2D eigenvalue weighted by atomic mass is 32.2. The molecule has 9 heteroatoms. The summed E-state index contributed by atoms with van der Waals surface area (Å²) < 4.78 is 60.7. The van der Waals surface area contributed by atoms with Gasteiger partial charge in [-0.15, -0.1) is 35.3 Å². The minimum Gasteiger partial charge on any atom is -0.251 e. The van der Waals surface area contributed by atoms with E-state index in [2.05, 4.69) is 0 Å². The summed E-state index contributed by atoms with van der Waals surface area (Å²) in [6, 6.07) is -0.729. The van der Waals surface area contributed by atoms with Crippen molar-refractivity contribution in [3.63, 3.8) is 0 Å².